The molecule has 0 bridgehead atoms. The Hall–Kier alpha value is -1.32. The highest BCUT2D eigenvalue weighted by Crippen LogP contribution is 2.07. The Morgan fingerprint density at radius 2 is 1.87 bits per heavy atom. The third kappa shape index (κ3) is 6.71. The Morgan fingerprint density at radius 3 is 2.20 bits per heavy atom. The largest absolute Gasteiger partial charge is 0.444 e. The summed E-state index contributed by atoms with van der Waals surface area (Å²) in [5.41, 5.74) is -0.273. The van der Waals surface area contributed by atoms with Gasteiger partial charge in [-0.15, -0.1) is 0 Å². The molecule has 1 amide bonds. The van der Waals surface area contributed by atoms with Gasteiger partial charge in [0.1, 0.15) is 5.60 Å². The van der Waals surface area contributed by atoms with Crippen LogP contribution in [0.4, 0.5) is 4.79 Å². The smallest absolute Gasteiger partial charge is 0.412 e. The van der Waals surface area contributed by atoms with Crippen molar-refractivity contribution in [1.29, 1.82) is 0 Å². The van der Waals surface area contributed by atoms with Crippen molar-refractivity contribution in [2.45, 2.75) is 46.6 Å². The molecule has 86 valence electrons. The molecular formula is C11H19NO3. The lowest BCUT2D eigenvalue weighted by atomic mass is 10.2. The molecular weight excluding hydrogens is 194 g/mol. The summed E-state index contributed by atoms with van der Waals surface area (Å²) >= 11 is 0. The Balaban J connectivity index is 4.38. The number of hydrogen-bond donors (Lipinski definition) is 1. The number of allylic oxidation sites excluding steroid dienone is 2. The van der Waals surface area contributed by atoms with E-state index < -0.39 is 11.7 Å². The van der Waals surface area contributed by atoms with Crippen LogP contribution in [0, 0.1) is 0 Å². The molecule has 1 N–H and O–H groups in total. The molecule has 0 aliphatic rings. The van der Waals surface area contributed by atoms with Crippen LogP contribution in [0.3, 0.4) is 0 Å². The van der Waals surface area contributed by atoms with E-state index >= 15 is 0 Å². The molecule has 0 fully saturated rings. The highest BCUT2D eigenvalue weighted by Gasteiger charge is 2.17. The van der Waals surface area contributed by atoms with Gasteiger partial charge in [-0.3, -0.25) is 10.1 Å². The predicted molar refractivity (Wildman–Crippen MR) is 58.4 cm³/mol. The molecule has 0 rings (SSSR count). The van der Waals surface area contributed by atoms with E-state index in [1.165, 1.54) is 6.92 Å². The maximum Gasteiger partial charge on any atom is 0.412 e. The molecule has 0 aliphatic carbocycles. The summed E-state index contributed by atoms with van der Waals surface area (Å²) < 4.78 is 5.02. The van der Waals surface area contributed by atoms with E-state index in [4.69, 9.17) is 4.74 Å². The molecule has 0 spiro atoms. The Morgan fingerprint density at radius 1 is 1.33 bits per heavy atom. The maximum absolute atomic E-state index is 11.3. The van der Waals surface area contributed by atoms with E-state index in [1.54, 1.807) is 26.8 Å². The lowest BCUT2D eigenvalue weighted by Crippen LogP contribution is -2.33. The Kier molecular flexibility index (Phi) is 5.05. The zero-order valence-electron chi connectivity index (χ0n) is 10.0. The van der Waals surface area contributed by atoms with Crippen molar-refractivity contribution in [3.63, 3.8) is 0 Å². The van der Waals surface area contributed by atoms with Crippen LogP contribution in [0.2, 0.25) is 0 Å². The second-order valence-electron chi connectivity index (χ2n) is 4.21. The van der Waals surface area contributed by atoms with E-state index in [-0.39, 0.29) is 11.5 Å². The standard InChI is InChI=1S/C11H19NO3/c1-6-7-9(8(2)13)12-10(14)15-11(3,4)5/h7H,6H2,1-5H3,(H,12,14). The summed E-state index contributed by atoms with van der Waals surface area (Å²) in [5, 5.41) is 2.42. The van der Waals surface area contributed by atoms with Crippen LogP contribution in [0.15, 0.2) is 11.8 Å². The fourth-order valence-corrected chi connectivity index (χ4v) is 0.900. The number of amides is 1. The van der Waals surface area contributed by atoms with Gasteiger partial charge in [0.05, 0.1) is 5.70 Å². The molecule has 0 saturated carbocycles. The van der Waals surface area contributed by atoms with E-state index in [0.717, 1.165) is 0 Å². The average Bonchev–Trinajstić information content (AvgIpc) is 1.99. The Bertz CT molecular complexity index is 274. The molecule has 0 heterocycles. The van der Waals surface area contributed by atoms with Crippen LogP contribution >= 0.6 is 0 Å². The molecule has 0 atom stereocenters. The molecule has 4 nitrogen and oxygen atoms in total. The van der Waals surface area contributed by atoms with E-state index in [0.29, 0.717) is 6.42 Å². The monoisotopic (exact) mass is 213 g/mol. The summed E-state index contributed by atoms with van der Waals surface area (Å²) in [6.45, 7) is 8.59. The first kappa shape index (κ1) is 13.7. The number of alkyl carbamates (subject to hydrolysis) is 1. The zero-order chi connectivity index (χ0) is 12.1. The van der Waals surface area contributed by atoms with Gasteiger partial charge >= 0.3 is 6.09 Å². The van der Waals surface area contributed by atoms with Crippen molar-refractivity contribution in [3.8, 4) is 0 Å². The van der Waals surface area contributed by atoms with Gasteiger partial charge in [-0.25, -0.2) is 4.79 Å². The highest BCUT2D eigenvalue weighted by atomic mass is 16.6. The number of Topliss-reactive ketones (excluding diaryl/α,β-unsaturated/α-hetero) is 1. The second-order valence-corrected chi connectivity index (χ2v) is 4.21. The first-order valence-corrected chi connectivity index (χ1v) is 4.97. The molecule has 0 aromatic carbocycles. The van der Waals surface area contributed by atoms with Gasteiger partial charge in [0, 0.05) is 6.92 Å². The number of nitrogens with one attached hydrogen (secondary N) is 1. The minimum atomic E-state index is -0.600. The van der Waals surface area contributed by atoms with Crippen LogP contribution < -0.4 is 5.32 Å². The van der Waals surface area contributed by atoms with Gasteiger partial charge in [0.25, 0.3) is 0 Å². The van der Waals surface area contributed by atoms with Crippen molar-refractivity contribution < 1.29 is 14.3 Å². The summed E-state index contributed by atoms with van der Waals surface area (Å²) in [6, 6.07) is 0. The fraction of sp³-hybridized carbons (Fsp3) is 0.636. The highest BCUT2D eigenvalue weighted by molar-refractivity contribution is 5.96. The average molecular weight is 213 g/mol. The zero-order valence-corrected chi connectivity index (χ0v) is 10.0. The van der Waals surface area contributed by atoms with Gasteiger partial charge in [0.15, 0.2) is 5.78 Å². The van der Waals surface area contributed by atoms with Gasteiger partial charge in [0.2, 0.25) is 0 Å². The van der Waals surface area contributed by atoms with Crippen LogP contribution in [0.25, 0.3) is 0 Å². The molecule has 0 aromatic heterocycles. The number of carbonyl (C=O) groups is 2. The third-order valence-electron chi connectivity index (χ3n) is 1.42. The minimum absolute atomic E-state index is 0.178. The minimum Gasteiger partial charge on any atom is -0.444 e. The van der Waals surface area contributed by atoms with E-state index in [2.05, 4.69) is 5.32 Å². The first-order chi connectivity index (χ1) is 6.76. The summed E-state index contributed by atoms with van der Waals surface area (Å²) in [4.78, 5) is 22.4. The van der Waals surface area contributed by atoms with Gasteiger partial charge < -0.3 is 4.74 Å². The number of rotatable bonds is 3. The Labute approximate surface area is 90.7 Å². The first-order valence-electron chi connectivity index (χ1n) is 4.97. The van der Waals surface area contributed by atoms with Crippen LogP contribution in [0.1, 0.15) is 41.0 Å². The van der Waals surface area contributed by atoms with E-state index in [1.807, 2.05) is 6.92 Å². The normalized spacial score (nSPS) is 12.2. The third-order valence-corrected chi connectivity index (χ3v) is 1.42. The van der Waals surface area contributed by atoms with Crippen molar-refractivity contribution in [1.82, 2.24) is 5.32 Å². The topological polar surface area (TPSA) is 55.4 Å². The lowest BCUT2D eigenvalue weighted by Gasteiger charge is -2.20. The quantitative estimate of drug-likeness (QED) is 0.732. The SMILES string of the molecule is CCC=C(NC(=O)OC(C)(C)C)C(C)=O. The van der Waals surface area contributed by atoms with Crippen molar-refractivity contribution >= 4 is 11.9 Å². The van der Waals surface area contributed by atoms with Gasteiger partial charge in [-0.05, 0) is 27.2 Å². The van der Waals surface area contributed by atoms with Crippen LogP contribution in [-0.4, -0.2) is 17.5 Å². The van der Waals surface area contributed by atoms with Crippen molar-refractivity contribution in [3.05, 3.63) is 11.8 Å². The fourth-order valence-electron chi connectivity index (χ4n) is 0.900. The second kappa shape index (κ2) is 5.53. The van der Waals surface area contributed by atoms with Gasteiger partial charge in [-0.1, -0.05) is 13.0 Å². The molecule has 0 aliphatic heterocycles. The summed E-state index contributed by atoms with van der Waals surface area (Å²) in [6.07, 6.45) is 1.74. The number of hydrogen-bond acceptors (Lipinski definition) is 3. The van der Waals surface area contributed by atoms with Crippen molar-refractivity contribution in [2.75, 3.05) is 0 Å². The molecule has 15 heavy (non-hydrogen) atoms. The van der Waals surface area contributed by atoms with Gasteiger partial charge in [-0.2, -0.15) is 0 Å². The van der Waals surface area contributed by atoms with Crippen molar-refractivity contribution in [2.24, 2.45) is 0 Å². The summed E-state index contributed by atoms with van der Waals surface area (Å²) in [5.74, 6) is -0.178. The maximum atomic E-state index is 11.3. The summed E-state index contributed by atoms with van der Waals surface area (Å²) in [7, 11) is 0. The number of carbonyl (C=O) groups excluding carboxylic acids is 2. The molecule has 4 heteroatoms. The number of ether oxygens (including phenoxy) is 1. The number of ketones is 1. The molecule has 0 aromatic rings. The lowest BCUT2D eigenvalue weighted by molar-refractivity contribution is -0.114. The van der Waals surface area contributed by atoms with Crippen LogP contribution in [-0.2, 0) is 9.53 Å². The van der Waals surface area contributed by atoms with Crippen LogP contribution in [0.5, 0.6) is 0 Å². The predicted octanol–water partition coefficient (Wildman–Crippen LogP) is 2.39. The molecule has 0 radical (unpaired) electrons. The molecule has 0 saturated heterocycles. The van der Waals surface area contributed by atoms with E-state index in [9.17, 15) is 9.59 Å². The molecule has 0 unspecified atom stereocenters.